The average molecular weight is 493 g/mol. The second-order valence-corrected chi connectivity index (χ2v) is 9.91. The summed E-state index contributed by atoms with van der Waals surface area (Å²) in [6, 6.07) is 18.7. The van der Waals surface area contributed by atoms with Gasteiger partial charge in [0.05, 0.1) is 11.4 Å². The maximum Gasteiger partial charge on any atom is 0.270 e. The predicted molar refractivity (Wildman–Crippen MR) is 130 cm³/mol. The molecule has 2 aromatic carbocycles. The van der Waals surface area contributed by atoms with Crippen molar-refractivity contribution >= 4 is 38.3 Å². The van der Waals surface area contributed by atoms with Gasteiger partial charge in [0.2, 0.25) is 0 Å². The number of sulfone groups is 1. The van der Waals surface area contributed by atoms with Gasteiger partial charge >= 0.3 is 0 Å². The summed E-state index contributed by atoms with van der Waals surface area (Å²) < 4.78 is 27.9. The fraction of sp³-hybridized carbons (Fsp3) is 0.0435. The summed E-state index contributed by atoms with van der Waals surface area (Å²) >= 11 is 6.04. The Morgan fingerprint density at radius 2 is 1.65 bits per heavy atom. The number of halogens is 1. The van der Waals surface area contributed by atoms with E-state index in [9.17, 15) is 13.2 Å². The maximum atomic E-state index is 13.9. The van der Waals surface area contributed by atoms with E-state index < -0.39 is 15.4 Å². The first-order valence-corrected chi connectivity index (χ1v) is 12.3. The highest BCUT2D eigenvalue weighted by molar-refractivity contribution is 7.90. The van der Waals surface area contributed by atoms with Gasteiger partial charge in [-0.3, -0.25) is 9.36 Å². The van der Waals surface area contributed by atoms with Crippen molar-refractivity contribution in [3.8, 4) is 22.8 Å². The number of nitrogens with two attached hydrogens (primary N) is 1. The summed E-state index contributed by atoms with van der Waals surface area (Å²) in [4.78, 5) is 22.8. The van der Waals surface area contributed by atoms with E-state index in [1.807, 2.05) is 6.07 Å². The molecule has 0 bridgehead atoms. The van der Waals surface area contributed by atoms with Crippen LogP contribution in [0.3, 0.4) is 0 Å². The molecule has 0 aliphatic rings. The predicted octanol–water partition coefficient (Wildman–Crippen LogP) is 3.27. The minimum atomic E-state index is -3.86. The summed E-state index contributed by atoms with van der Waals surface area (Å²) in [6.07, 6.45) is 2.50. The van der Waals surface area contributed by atoms with Crippen LogP contribution in [0.5, 0.6) is 0 Å². The molecule has 0 saturated carbocycles. The first-order valence-electron chi connectivity index (χ1n) is 10.0. The monoisotopic (exact) mass is 492 g/mol. The molecule has 3 heterocycles. The summed E-state index contributed by atoms with van der Waals surface area (Å²) in [5, 5.41) is 4.30. The Morgan fingerprint density at radius 3 is 2.26 bits per heavy atom. The lowest BCUT2D eigenvalue weighted by atomic mass is 10.2. The molecule has 0 aliphatic heterocycles. The van der Waals surface area contributed by atoms with E-state index >= 15 is 0 Å². The van der Waals surface area contributed by atoms with Crippen LogP contribution in [0.1, 0.15) is 0 Å². The Labute approximate surface area is 199 Å². The number of pyridine rings is 1. The Balaban J connectivity index is 1.96. The molecular weight excluding hydrogens is 476 g/mol. The normalized spacial score (nSPS) is 11.7. The second kappa shape index (κ2) is 8.08. The van der Waals surface area contributed by atoms with Crippen LogP contribution in [-0.4, -0.2) is 39.0 Å². The molecule has 0 atom stereocenters. The molecule has 3 aromatic heterocycles. The van der Waals surface area contributed by atoms with Crippen molar-refractivity contribution in [1.82, 2.24) is 24.3 Å². The van der Waals surface area contributed by atoms with Crippen LogP contribution in [0.2, 0.25) is 5.02 Å². The van der Waals surface area contributed by atoms with Gasteiger partial charge in [-0.2, -0.15) is 5.10 Å². The zero-order chi connectivity index (χ0) is 24.0. The number of hydrogen-bond acceptors (Lipinski definition) is 7. The second-order valence-electron chi connectivity index (χ2n) is 7.55. The molecule has 5 rings (SSSR count). The molecule has 0 aliphatic carbocycles. The number of hydrogen-bond donors (Lipinski definition) is 1. The zero-order valence-corrected chi connectivity index (χ0v) is 19.3. The van der Waals surface area contributed by atoms with Gasteiger partial charge in [0, 0.05) is 23.0 Å². The fourth-order valence-electron chi connectivity index (χ4n) is 3.61. The summed E-state index contributed by atoms with van der Waals surface area (Å²) in [6.45, 7) is 0. The van der Waals surface area contributed by atoms with E-state index in [1.54, 1.807) is 60.7 Å². The van der Waals surface area contributed by atoms with Gasteiger partial charge in [-0.05, 0) is 48.5 Å². The van der Waals surface area contributed by atoms with E-state index in [0.29, 0.717) is 27.8 Å². The summed E-state index contributed by atoms with van der Waals surface area (Å²) in [5.74, 6) is 0.545. The molecule has 9 nitrogen and oxygen atoms in total. The molecule has 170 valence electrons. The van der Waals surface area contributed by atoms with Crippen LogP contribution in [-0.2, 0) is 9.84 Å². The number of fused-ring (bicyclic) bond motifs is 1. The van der Waals surface area contributed by atoms with Crippen molar-refractivity contribution in [3.63, 3.8) is 0 Å². The van der Waals surface area contributed by atoms with Crippen molar-refractivity contribution < 1.29 is 8.42 Å². The van der Waals surface area contributed by atoms with Crippen molar-refractivity contribution in [2.45, 2.75) is 5.03 Å². The molecule has 0 fully saturated rings. The van der Waals surface area contributed by atoms with Crippen LogP contribution in [0, 0.1) is 0 Å². The number of anilines is 1. The first kappa shape index (κ1) is 21.8. The Bertz CT molecular complexity index is 1690. The SMILES string of the molecule is CS(=O)(=O)c1nn(-c2ccccc2)c2nc(-c3ccc(N)nc3)n(-c3ccc(Cl)cc3)c(=O)c12. The van der Waals surface area contributed by atoms with Gasteiger partial charge in [0.15, 0.2) is 26.3 Å². The van der Waals surface area contributed by atoms with Crippen LogP contribution < -0.4 is 11.3 Å². The highest BCUT2D eigenvalue weighted by Gasteiger charge is 2.27. The Kier molecular flexibility index (Phi) is 5.18. The third-order valence-electron chi connectivity index (χ3n) is 5.15. The van der Waals surface area contributed by atoms with Gasteiger partial charge in [0.1, 0.15) is 11.2 Å². The smallest absolute Gasteiger partial charge is 0.270 e. The molecule has 0 amide bonds. The topological polar surface area (TPSA) is 126 Å². The minimum Gasteiger partial charge on any atom is -0.384 e. The molecular formula is C23H17ClN6O3S. The highest BCUT2D eigenvalue weighted by Crippen LogP contribution is 2.27. The maximum absolute atomic E-state index is 13.9. The molecule has 0 spiro atoms. The lowest BCUT2D eigenvalue weighted by Crippen LogP contribution is -2.23. The van der Waals surface area contributed by atoms with Crippen molar-refractivity contribution in [2.75, 3.05) is 12.0 Å². The fourth-order valence-corrected chi connectivity index (χ4v) is 4.51. The van der Waals surface area contributed by atoms with Gasteiger partial charge in [-0.15, -0.1) is 0 Å². The van der Waals surface area contributed by atoms with E-state index in [2.05, 4.69) is 10.1 Å². The van der Waals surface area contributed by atoms with Crippen LogP contribution >= 0.6 is 11.6 Å². The Morgan fingerprint density at radius 1 is 0.941 bits per heavy atom. The van der Waals surface area contributed by atoms with E-state index in [0.717, 1.165) is 6.26 Å². The molecule has 34 heavy (non-hydrogen) atoms. The number of nitrogens with zero attached hydrogens (tertiary/aromatic N) is 5. The average Bonchev–Trinajstić information content (AvgIpc) is 3.22. The zero-order valence-electron chi connectivity index (χ0n) is 17.8. The van der Waals surface area contributed by atoms with Crippen LogP contribution in [0.15, 0.2) is 82.7 Å². The molecule has 2 N–H and O–H groups in total. The van der Waals surface area contributed by atoms with Gasteiger partial charge < -0.3 is 5.73 Å². The minimum absolute atomic E-state index is 0.105. The Hall–Kier alpha value is -4.02. The number of rotatable bonds is 4. The molecule has 11 heteroatoms. The van der Waals surface area contributed by atoms with Crippen LogP contribution in [0.25, 0.3) is 33.8 Å². The van der Waals surface area contributed by atoms with Crippen molar-refractivity contribution in [3.05, 3.63) is 88.3 Å². The summed E-state index contributed by atoms with van der Waals surface area (Å²) in [7, 11) is -3.86. The molecule has 0 saturated heterocycles. The highest BCUT2D eigenvalue weighted by atomic mass is 35.5. The first-order chi connectivity index (χ1) is 16.2. The van der Waals surface area contributed by atoms with E-state index in [-0.39, 0.29) is 21.9 Å². The van der Waals surface area contributed by atoms with Crippen molar-refractivity contribution in [1.29, 1.82) is 0 Å². The standard InChI is InChI=1S/C23H17ClN6O3S/c1-34(32,33)22-19-21(30(28-22)17-5-3-2-4-6-17)27-20(14-7-12-18(25)26-13-14)29(23(19)31)16-10-8-15(24)9-11-16/h2-13H,1H3,(H2,25,26). The third-order valence-corrected chi connectivity index (χ3v) is 6.39. The van der Waals surface area contributed by atoms with E-state index in [4.69, 9.17) is 22.3 Å². The third kappa shape index (κ3) is 3.72. The number of aromatic nitrogens is 5. The summed E-state index contributed by atoms with van der Waals surface area (Å²) in [5.41, 5.74) is 6.76. The van der Waals surface area contributed by atoms with Gasteiger partial charge in [-0.25, -0.2) is 23.1 Å². The number of para-hydroxylation sites is 1. The van der Waals surface area contributed by atoms with Crippen molar-refractivity contribution in [2.24, 2.45) is 0 Å². The van der Waals surface area contributed by atoms with E-state index in [1.165, 1.54) is 15.4 Å². The number of benzene rings is 2. The van der Waals surface area contributed by atoms with Crippen LogP contribution in [0.4, 0.5) is 5.82 Å². The quantitative estimate of drug-likeness (QED) is 0.408. The van der Waals surface area contributed by atoms with Gasteiger partial charge in [-0.1, -0.05) is 29.8 Å². The largest absolute Gasteiger partial charge is 0.384 e. The molecule has 5 aromatic rings. The molecule has 0 unspecified atom stereocenters. The lowest BCUT2D eigenvalue weighted by Gasteiger charge is -2.13. The lowest BCUT2D eigenvalue weighted by molar-refractivity contribution is 0.597. The van der Waals surface area contributed by atoms with Gasteiger partial charge in [0.25, 0.3) is 5.56 Å². The molecule has 0 radical (unpaired) electrons. The number of nitrogen functional groups attached to an aromatic ring is 1.